The predicted octanol–water partition coefficient (Wildman–Crippen LogP) is 1.79. The van der Waals surface area contributed by atoms with Gasteiger partial charge in [-0.2, -0.15) is 4.98 Å². The van der Waals surface area contributed by atoms with Gasteiger partial charge in [0.25, 0.3) is 5.95 Å². The van der Waals surface area contributed by atoms with E-state index in [0.717, 1.165) is 12.8 Å². The third kappa shape index (κ3) is 1.21. The van der Waals surface area contributed by atoms with E-state index in [1.54, 1.807) is 10.9 Å². The molecule has 0 N–H and O–H groups in total. The van der Waals surface area contributed by atoms with Crippen LogP contribution in [0, 0.1) is 0 Å². The van der Waals surface area contributed by atoms with Crippen LogP contribution >= 0.6 is 11.6 Å². The van der Waals surface area contributed by atoms with Crippen molar-refractivity contribution in [2.75, 3.05) is 0 Å². The van der Waals surface area contributed by atoms with E-state index in [2.05, 4.69) is 15.1 Å². The van der Waals surface area contributed by atoms with Crippen LogP contribution < -0.4 is 0 Å². The van der Waals surface area contributed by atoms with Gasteiger partial charge in [-0.15, -0.1) is 0 Å². The minimum atomic E-state index is 0.453. The molecule has 5 nitrogen and oxygen atoms in total. The average Bonchev–Trinajstić information content (AvgIpc) is 2.75. The smallest absolute Gasteiger partial charge is 0.276 e. The van der Waals surface area contributed by atoms with E-state index in [1.807, 2.05) is 0 Å². The van der Waals surface area contributed by atoms with Gasteiger partial charge in [0, 0.05) is 5.92 Å². The zero-order chi connectivity index (χ0) is 9.54. The zero-order valence-corrected chi connectivity index (χ0v) is 7.98. The van der Waals surface area contributed by atoms with Gasteiger partial charge in [-0.05, 0) is 18.0 Å². The Bertz CT molecular complexity index is 459. The topological polar surface area (TPSA) is 56.7 Å². The first kappa shape index (κ1) is 7.99. The highest BCUT2D eigenvalue weighted by atomic mass is 35.5. The van der Waals surface area contributed by atoms with Crippen molar-refractivity contribution in [1.29, 1.82) is 0 Å². The summed E-state index contributed by atoms with van der Waals surface area (Å²) < 4.78 is 6.68. The molecule has 14 heavy (non-hydrogen) atoms. The summed E-state index contributed by atoms with van der Waals surface area (Å²) in [4.78, 5) is 8.11. The van der Waals surface area contributed by atoms with Gasteiger partial charge >= 0.3 is 0 Å². The van der Waals surface area contributed by atoms with Crippen molar-refractivity contribution in [2.24, 2.45) is 0 Å². The van der Waals surface area contributed by atoms with Gasteiger partial charge in [-0.3, -0.25) is 4.57 Å². The van der Waals surface area contributed by atoms with Gasteiger partial charge in [0.1, 0.15) is 11.5 Å². The van der Waals surface area contributed by atoms with Crippen LogP contribution in [-0.4, -0.2) is 19.7 Å². The molecular formula is C8H7ClN4O. The highest BCUT2D eigenvalue weighted by Gasteiger charge is 2.29. The van der Waals surface area contributed by atoms with Gasteiger partial charge in [0.05, 0.1) is 6.20 Å². The lowest BCUT2D eigenvalue weighted by molar-refractivity contribution is 0.377. The van der Waals surface area contributed by atoms with Gasteiger partial charge in [-0.25, -0.2) is 4.98 Å². The molecule has 1 aliphatic rings. The van der Waals surface area contributed by atoms with Crippen LogP contribution in [0.15, 0.2) is 17.0 Å². The maximum Gasteiger partial charge on any atom is 0.276 e. The molecule has 0 bridgehead atoms. The molecule has 1 fully saturated rings. The van der Waals surface area contributed by atoms with Gasteiger partial charge in [-0.1, -0.05) is 11.6 Å². The summed E-state index contributed by atoms with van der Waals surface area (Å²) in [6.45, 7) is 0. The number of aromatic nitrogens is 4. The first-order chi connectivity index (χ1) is 6.84. The minimum absolute atomic E-state index is 0.453. The fourth-order valence-electron chi connectivity index (χ4n) is 1.25. The summed E-state index contributed by atoms with van der Waals surface area (Å²) in [5.74, 6) is 1.61. The Labute approximate surface area is 84.7 Å². The van der Waals surface area contributed by atoms with Crippen LogP contribution in [0.25, 0.3) is 5.95 Å². The van der Waals surface area contributed by atoms with Crippen molar-refractivity contribution in [1.82, 2.24) is 19.7 Å². The number of hydrogen-bond acceptors (Lipinski definition) is 4. The molecule has 6 heteroatoms. The summed E-state index contributed by atoms with van der Waals surface area (Å²) in [6, 6.07) is 0. The molecule has 1 saturated carbocycles. The first-order valence-electron chi connectivity index (χ1n) is 4.36. The van der Waals surface area contributed by atoms with E-state index in [-0.39, 0.29) is 0 Å². The van der Waals surface area contributed by atoms with Crippen molar-refractivity contribution >= 4 is 11.6 Å². The van der Waals surface area contributed by atoms with Gasteiger partial charge in [0.15, 0.2) is 0 Å². The summed E-state index contributed by atoms with van der Waals surface area (Å²) >= 11 is 5.86. The summed E-state index contributed by atoms with van der Waals surface area (Å²) in [7, 11) is 0. The van der Waals surface area contributed by atoms with Crippen molar-refractivity contribution < 1.29 is 4.52 Å². The highest BCUT2D eigenvalue weighted by Crippen LogP contribution is 2.39. The molecule has 0 atom stereocenters. The normalized spacial score (nSPS) is 16.1. The molecule has 2 heterocycles. The molecule has 0 saturated heterocycles. The number of nitrogens with zero attached hydrogens (tertiary/aromatic N) is 4. The zero-order valence-electron chi connectivity index (χ0n) is 7.22. The Hall–Kier alpha value is -1.36. The van der Waals surface area contributed by atoms with Gasteiger partial charge in [0.2, 0.25) is 5.89 Å². The molecule has 0 aromatic carbocycles. The standard InChI is InChI=1S/C8H7ClN4O/c9-6-3-10-4-13(6)8-11-7(14-12-8)5-1-2-5/h3-5H,1-2H2. The Morgan fingerprint density at radius 1 is 1.50 bits per heavy atom. The molecule has 0 spiro atoms. The van der Waals surface area contributed by atoms with E-state index in [1.165, 1.54) is 6.20 Å². The van der Waals surface area contributed by atoms with Crippen LogP contribution in [0.2, 0.25) is 5.15 Å². The van der Waals surface area contributed by atoms with Crippen molar-refractivity contribution in [3.63, 3.8) is 0 Å². The predicted molar refractivity (Wildman–Crippen MR) is 48.4 cm³/mol. The third-order valence-corrected chi connectivity index (χ3v) is 2.45. The Kier molecular flexibility index (Phi) is 1.61. The molecule has 1 aliphatic carbocycles. The lowest BCUT2D eigenvalue weighted by atomic mass is 10.4. The maximum absolute atomic E-state index is 5.86. The summed E-state index contributed by atoms with van der Waals surface area (Å²) in [5, 5.41) is 4.31. The van der Waals surface area contributed by atoms with E-state index < -0.39 is 0 Å². The molecule has 0 unspecified atom stereocenters. The molecule has 72 valence electrons. The van der Waals surface area contributed by atoms with Crippen molar-refractivity contribution in [2.45, 2.75) is 18.8 Å². The Balaban J connectivity index is 1.99. The number of rotatable bonds is 2. The molecule has 0 aliphatic heterocycles. The SMILES string of the molecule is Clc1cncn1-c1noc(C2CC2)n1. The Morgan fingerprint density at radius 3 is 3.00 bits per heavy atom. The van der Waals surface area contributed by atoms with Crippen molar-refractivity contribution in [3.8, 4) is 5.95 Å². The second-order valence-corrected chi connectivity index (χ2v) is 3.68. The largest absolute Gasteiger partial charge is 0.337 e. The molecule has 0 radical (unpaired) electrons. The second-order valence-electron chi connectivity index (χ2n) is 3.29. The quantitative estimate of drug-likeness (QED) is 0.758. The molecule has 3 rings (SSSR count). The molecular weight excluding hydrogens is 204 g/mol. The van der Waals surface area contributed by atoms with Crippen LogP contribution in [0.5, 0.6) is 0 Å². The lowest BCUT2D eigenvalue weighted by Gasteiger charge is -1.92. The van der Waals surface area contributed by atoms with E-state index in [9.17, 15) is 0 Å². The van der Waals surface area contributed by atoms with E-state index >= 15 is 0 Å². The second kappa shape index (κ2) is 2.81. The Morgan fingerprint density at radius 2 is 2.36 bits per heavy atom. The lowest BCUT2D eigenvalue weighted by Crippen LogP contribution is -1.94. The van der Waals surface area contributed by atoms with E-state index in [0.29, 0.717) is 22.9 Å². The van der Waals surface area contributed by atoms with Crippen LogP contribution in [0.3, 0.4) is 0 Å². The van der Waals surface area contributed by atoms with Crippen molar-refractivity contribution in [3.05, 3.63) is 23.6 Å². The fourth-order valence-corrected chi connectivity index (χ4v) is 1.42. The number of imidazole rings is 1. The monoisotopic (exact) mass is 210 g/mol. The van der Waals surface area contributed by atoms with E-state index in [4.69, 9.17) is 16.1 Å². The number of hydrogen-bond donors (Lipinski definition) is 0. The third-order valence-electron chi connectivity index (χ3n) is 2.17. The fraction of sp³-hybridized carbons (Fsp3) is 0.375. The average molecular weight is 211 g/mol. The molecule has 2 aromatic rings. The first-order valence-corrected chi connectivity index (χ1v) is 4.74. The molecule has 0 amide bonds. The highest BCUT2D eigenvalue weighted by molar-refractivity contribution is 6.29. The van der Waals surface area contributed by atoms with Gasteiger partial charge < -0.3 is 4.52 Å². The summed E-state index contributed by atoms with van der Waals surface area (Å²) in [5.41, 5.74) is 0. The molecule has 2 aromatic heterocycles. The maximum atomic E-state index is 5.86. The van der Waals surface area contributed by atoms with Crippen LogP contribution in [-0.2, 0) is 0 Å². The van der Waals surface area contributed by atoms with Crippen LogP contribution in [0.1, 0.15) is 24.7 Å². The minimum Gasteiger partial charge on any atom is -0.337 e. The van der Waals surface area contributed by atoms with Crippen LogP contribution in [0.4, 0.5) is 0 Å². The summed E-state index contributed by atoms with van der Waals surface area (Å²) in [6.07, 6.45) is 5.37. The number of halogens is 1.